The van der Waals surface area contributed by atoms with Crippen molar-refractivity contribution in [2.24, 2.45) is 0 Å². The third-order valence-corrected chi connectivity index (χ3v) is 5.66. The van der Waals surface area contributed by atoms with E-state index in [0.717, 1.165) is 11.3 Å². The number of anilines is 1. The van der Waals surface area contributed by atoms with Crippen LogP contribution in [0.1, 0.15) is 10.4 Å². The molecule has 1 saturated heterocycles. The zero-order chi connectivity index (χ0) is 21.9. The Bertz CT molecular complexity index is 1220. The fraction of sp³-hybridized carbons (Fsp3) is 0.160. The van der Waals surface area contributed by atoms with Crippen molar-refractivity contribution in [3.05, 3.63) is 96.7 Å². The van der Waals surface area contributed by atoms with Gasteiger partial charge in [0.1, 0.15) is 11.5 Å². The summed E-state index contributed by atoms with van der Waals surface area (Å²) in [5.74, 6) is -0.325. The van der Waals surface area contributed by atoms with Crippen molar-refractivity contribution < 1.29 is 9.18 Å². The van der Waals surface area contributed by atoms with Crippen LogP contribution in [-0.2, 0) is 0 Å². The lowest BCUT2D eigenvalue weighted by Crippen LogP contribution is -2.49. The van der Waals surface area contributed by atoms with Crippen molar-refractivity contribution in [2.45, 2.75) is 0 Å². The molecule has 32 heavy (non-hydrogen) atoms. The lowest BCUT2D eigenvalue weighted by Gasteiger charge is -2.36. The second-order valence-corrected chi connectivity index (χ2v) is 7.64. The molecular weight excluding hydrogens is 405 g/mol. The zero-order valence-electron chi connectivity index (χ0n) is 17.4. The number of pyridine rings is 1. The van der Waals surface area contributed by atoms with E-state index in [1.807, 2.05) is 58.3 Å². The van der Waals surface area contributed by atoms with Gasteiger partial charge in [0.15, 0.2) is 0 Å². The molecule has 0 radical (unpaired) electrons. The minimum absolute atomic E-state index is 0.0841. The van der Waals surface area contributed by atoms with Crippen molar-refractivity contribution in [3.63, 3.8) is 0 Å². The maximum Gasteiger partial charge on any atom is 0.257 e. The predicted molar refractivity (Wildman–Crippen MR) is 121 cm³/mol. The summed E-state index contributed by atoms with van der Waals surface area (Å²) in [6.45, 7) is 2.16. The van der Waals surface area contributed by atoms with E-state index in [1.165, 1.54) is 6.07 Å². The first-order valence-electron chi connectivity index (χ1n) is 10.5. The van der Waals surface area contributed by atoms with Gasteiger partial charge in [0.25, 0.3) is 5.91 Å². The Morgan fingerprint density at radius 1 is 0.875 bits per heavy atom. The summed E-state index contributed by atoms with van der Waals surface area (Å²) in [6, 6.07) is 20.2. The van der Waals surface area contributed by atoms with Gasteiger partial charge >= 0.3 is 0 Å². The van der Waals surface area contributed by atoms with Crippen LogP contribution >= 0.6 is 0 Å². The standard InChI is InChI=1S/C25H22FN5O/c26-22-10-4-5-11-23(22)29-13-15-30(16-14-29)25(32)21-18-31(20-8-2-1-3-9-20)28-24(21)19-7-6-12-27-17-19/h1-12,17-18H,13-16H2. The fourth-order valence-electron chi connectivity index (χ4n) is 3.99. The van der Waals surface area contributed by atoms with Gasteiger partial charge in [-0.2, -0.15) is 5.10 Å². The Labute approximate surface area is 185 Å². The molecule has 1 amide bonds. The van der Waals surface area contributed by atoms with Gasteiger partial charge in [-0.3, -0.25) is 9.78 Å². The topological polar surface area (TPSA) is 54.3 Å². The van der Waals surface area contributed by atoms with Gasteiger partial charge in [-0.1, -0.05) is 30.3 Å². The number of halogens is 1. The Morgan fingerprint density at radius 3 is 2.34 bits per heavy atom. The molecule has 0 N–H and O–H groups in total. The molecule has 3 heterocycles. The SMILES string of the molecule is O=C(c1cn(-c2ccccc2)nc1-c1cccnc1)N1CCN(c2ccccc2F)CC1. The number of nitrogens with zero attached hydrogens (tertiary/aromatic N) is 5. The maximum atomic E-state index is 14.2. The van der Waals surface area contributed by atoms with Gasteiger partial charge in [-0.15, -0.1) is 0 Å². The summed E-state index contributed by atoms with van der Waals surface area (Å²) >= 11 is 0. The number of hydrogen-bond acceptors (Lipinski definition) is 4. The lowest BCUT2D eigenvalue weighted by molar-refractivity contribution is 0.0747. The molecular formula is C25H22FN5O. The second-order valence-electron chi connectivity index (χ2n) is 7.64. The molecule has 1 aliphatic heterocycles. The van der Waals surface area contributed by atoms with Crippen LogP contribution in [0.15, 0.2) is 85.3 Å². The molecule has 2 aromatic heterocycles. The summed E-state index contributed by atoms with van der Waals surface area (Å²) in [7, 11) is 0. The normalized spacial score (nSPS) is 13.9. The van der Waals surface area contributed by atoms with Crippen molar-refractivity contribution >= 4 is 11.6 Å². The van der Waals surface area contributed by atoms with Crippen LogP contribution < -0.4 is 4.90 Å². The Morgan fingerprint density at radius 2 is 1.62 bits per heavy atom. The summed E-state index contributed by atoms with van der Waals surface area (Å²) in [5, 5.41) is 4.71. The fourth-order valence-corrected chi connectivity index (χ4v) is 3.99. The van der Waals surface area contributed by atoms with Crippen LogP contribution in [0, 0.1) is 5.82 Å². The van der Waals surface area contributed by atoms with Crippen molar-refractivity contribution in [2.75, 3.05) is 31.1 Å². The van der Waals surface area contributed by atoms with Crippen LogP contribution in [0.3, 0.4) is 0 Å². The van der Waals surface area contributed by atoms with E-state index < -0.39 is 0 Å². The van der Waals surface area contributed by atoms with Crippen LogP contribution in [-0.4, -0.2) is 51.8 Å². The molecule has 160 valence electrons. The van der Waals surface area contributed by atoms with Gasteiger partial charge in [0.05, 0.1) is 16.9 Å². The van der Waals surface area contributed by atoms with Gasteiger partial charge in [-0.05, 0) is 36.4 Å². The van der Waals surface area contributed by atoms with Crippen molar-refractivity contribution in [1.29, 1.82) is 0 Å². The molecule has 0 spiro atoms. The minimum Gasteiger partial charge on any atom is -0.366 e. The molecule has 7 heteroatoms. The lowest BCUT2D eigenvalue weighted by atomic mass is 10.1. The van der Waals surface area contributed by atoms with E-state index in [-0.39, 0.29) is 11.7 Å². The number of amides is 1. The number of para-hydroxylation sites is 2. The Balaban J connectivity index is 1.42. The molecule has 1 aliphatic rings. The molecule has 2 aromatic carbocycles. The molecule has 0 aliphatic carbocycles. The first kappa shape index (κ1) is 19.9. The number of aromatic nitrogens is 3. The predicted octanol–water partition coefficient (Wildman–Crippen LogP) is 4.04. The third kappa shape index (κ3) is 3.85. The Kier molecular flexibility index (Phi) is 5.37. The zero-order valence-corrected chi connectivity index (χ0v) is 17.4. The number of carbonyl (C=O) groups excluding carboxylic acids is 1. The van der Waals surface area contributed by atoms with E-state index in [2.05, 4.69) is 4.98 Å². The van der Waals surface area contributed by atoms with Gasteiger partial charge < -0.3 is 9.80 Å². The van der Waals surface area contributed by atoms with E-state index in [4.69, 9.17) is 5.10 Å². The highest BCUT2D eigenvalue weighted by Gasteiger charge is 2.27. The Hall–Kier alpha value is -4.00. The summed E-state index contributed by atoms with van der Waals surface area (Å²) in [6.07, 6.45) is 5.19. The van der Waals surface area contributed by atoms with Crippen molar-refractivity contribution in [1.82, 2.24) is 19.7 Å². The molecule has 0 unspecified atom stereocenters. The molecule has 0 saturated carbocycles. The molecule has 6 nitrogen and oxygen atoms in total. The van der Waals surface area contributed by atoms with E-state index >= 15 is 0 Å². The van der Waals surface area contributed by atoms with Gasteiger partial charge in [0, 0.05) is 50.3 Å². The van der Waals surface area contributed by atoms with Crippen LogP contribution in [0.5, 0.6) is 0 Å². The first-order valence-corrected chi connectivity index (χ1v) is 10.5. The van der Waals surface area contributed by atoms with E-state index in [0.29, 0.717) is 43.1 Å². The van der Waals surface area contributed by atoms with E-state index in [1.54, 1.807) is 35.4 Å². The first-order chi connectivity index (χ1) is 15.7. The largest absolute Gasteiger partial charge is 0.366 e. The highest BCUT2D eigenvalue weighted by molar-refractivity contribution is 6.00. The van der Waals surface area contributed by atoms with Crippen molar-refractivity contribution in [3.8, 4) is 16.9 Å². The number of rotatable bonds is 4. The smallest absolute Gasteiger partial charge is 0.257 e. The summed E-state index contributed by atoms with van der Waals surface area (Å²) in [5.41, 5.74) is 3.37. The third-order valence-electron chi connectivity index (χ3n) is 5.66. The second kappa shape index (κ2) is 8.63. The van der Waals surface area contributed by atoms with Crippen LogP contribution in [0.2, 0.25) is 0 Å². The minimum atomic E-state index is -0.240. The monoisotopic (exact) mass is 427 g/mol. The number of benzene rings is 2. The van der Waals surface area contributed by atoms with E-state index in [9.17, 15) is 9.18 Å². The number of hydrogen-bond donors (Lipinski definition) is 0. The number of piperazine rings is 1. The molecule has 4 aromatic rings. The quantitative estimate of drug-likeness (QED) is 0.493. The molecule has 0 bridgehead atoms. The van der Waals surface area contributed by atoms with Crippen LogP contribution in [0.4, 0.5) is 10.1 Å². The summed E-state index contributed by atoms with van der Waals surface area (Å²) in [4.78, 5) is 21.5. The van der Waals surface area contributed by atoms with Crippen LogP contribution in [0.25, 0.3) is 16.9 Å². The summed E-state index contributed by atoms with van der Waals surface area (Å²) < 4.78 is 15.9. The molecule has 1 fully saturated rings. The highest BCUT2D eigenvalue weighted by atomic mass is 19.1. The van der Waals surface area contributed by atoms with Gasteiger partial charge in [-0.25, -0.2) is 9.07 Å². The average Bonchev–Trinajstić information content (AvgIpc) is 3.31. The molecule has 0 atom stereocenters. The maximum absolute atomic E-state index is 14.2. The average molecular weight is 427 g/mol. The van der Waals surface area contributed by atoms with Gasteiger partial charge in [0.2, 0.25) is 0 Å². The molecule has 5 rings (SSSR count). The highest BCUT2D eigenvalue weighted by Crippen LogP contribution is 2.26. The number of carbonyl (C=O) groups is 1.